The van der Waals surface area contributed by atoms with E-state index in [0.717, 1.165) is 21.6 Å². The summed E-state index contributed by atoms with van der Waals surface area (Å²) in [6, 6.07) is 4.10. The number of nitrogens with one attached hydrogen (secondary N) is 1. The van der Waals surface area contributed by atoms with E-state index in [-0.39, 0.29) is 5.91 Å². The molecular formula is C21H23N3O2S. The van der Waals surface area contributed by atoms with Gasteiger partial charge in [-0.15, -0.1) is 17.3 Å². The quantitative estimate of drug-likeness (QED) is 0.822. The standard InChI is InChI=1S/C21H23N3O2S/c1-5-7-14-8-15(12-23-11-14)16-9-17(27-13-16)21(3)10-18(22)24(4)20(25)19(21)26-6-2/h8-9,11-13,19,22H,6,10H2,1-4H3/t19-,21-/m1/s1. The van der Waals surface area contributed by atoms with Crippen LogP contribution < -0.4 is 0 Å². The Balaban J connectivity index is 2.00. The molecule has 3 rings (SSSR count). The number of amides is 1. The molecule has 0 bridgehead atoms. The van der Waals surface area contributed by atoms with E-state index in [0.29, 0.717) is 18.9 Å². The van der Waals surface area contributed by atoms with Gasteiger partial charge in [0.2, 0.25) is 0 Å². The van der Waals surface area contributed by atoms with Gasteiger partial charge in [0.1, 0.15) is 11.9 Å². The van der Waals surface area contributed by atoms with Crippen molar-refractivity contribution in [2.24, 2.45) is 0 Å². The van der Waals surface area contributed by atoms with Gasteiger partial charge in [0.25, 0.3) is 5.91 Å². The number of amidine groups is 1. The lowest BCUT2D eigenvalue weighted by molar-refractivity contribution is -0.145. The molecule has 0 unspecified atom stereocenters. The van der Waals surface area contributed by atoms with Gasteiger partial charge < -0.3 is 9.64 Å². The van der Waals surface area contributed by atoms with E-state index in [1.807, 2.05) is 26.1 Å². The fraction of sp³-hybridized carbons (Fsp3) is 0.381. The number of pyridine rings is 1. The van der Waals surface area contributed by atoms with Crippen LogP contribution >= 0.6 is 11.3 Å². The fourth-order valence-corrected chi connectivity index (χ4v) is 4.48. The molecular weight excluding hydrogens is 358 g/mol. The third-order valence-electron chi connectivity index (χ3n) is 4.91. The minimum absolute atomic E-state index is 0.160. The van der Waals surface area contributed by atoms with Gasteiger partial charge in [0.15, 0.2) is 0 Å². The third kappa shape index (κ3) is 3.53. The summed E-state index contributed by atoms with van der Waals surface area (Å²) >= 11 is 1.59. The van der Waals surface area contributed by atoms with Crippen molar-refractivity contribution in [2.75, 3.05) is 13.7 Å². The first kappa shape index (κ1) is 19.3. The number of likely N-dealkylation sites (N-methyl/N-ethyl adjacent to an activating group) is 1. The van der Waals surface area contributed by atoms with Crippen LogP contribution in [0.2, 0.25) is 0 Å². The van der Waals surface area contributed by atoms with Gasteiger partial charge in [-0.2, -0.15) is 0 Å². The van der Waals surface area contributed by atoms with E-state index >= 15 is 0 Å². The summed E-state index contributed by atoms with van der Waals surface area (Å²) in [5, 5.41) is 10.3. The molecule has 0 spiro atoms. The minimum atomic E-state index is -0.594. The molecule has 2 aromatic rings. The molecule has 3 heterocycles. The highest BCUT2D eigenvalue weighted by Gasteiger charge is 2.49. The van der Waals surface area contributed by atoms with E-state index in [1.54, 1.807) is 31.5 Å². The predicted octanol–water partition coefficient (Wildman–Crippen LogP) is 3.68. The number of rotatable bonds is 4. The largest absolute Gasteiger partial charge is 0.368 e. The highest BCUT2D eigenvalue weighted by Crippen LogP contribution is 2.42. The Bertz CT molecular complexity index is 940. The van der Waals surface area contributed by atoms with Crippen molar-refractivity contribution in [1.82, 2.24) is 9.88 Å². The second-order valence-corrected chi connectivity index (χ2v) is 7.72. The Morgan fingerprint density at radius 3 is 2.89 bits per heavy atom. The number of nitrogens with zero attached hydrogens (tertiary/aromatic N) is 2. The maximum Gasteiger partial charge on any atom is 0.257 e. The van der Waals surface area contributed by atoms with Crippen LogP contribution in [-0.4, -0.2) is 41.4 Å². The monoisotopic (exact) mass is 381 g/mol. The molecule has 6 heteroatoms. The van der Waals surface area contributed by atoms with E-state index < -0.39 is 11.5 Å². The van der Waals surface area contributed by atoms with Crippen LogP contribution in [-0.2, 0) is 14.9 Å². The molecule has 0 radical (unpaired) electrons. The molecule has 5 nitrogen and oxygen atoms in total. The molecule has 1 aliphatic heterocycles. The molecule has 0 aliphatic carbocycles. The fourth-order valence-electron chi connectivity index (χ4n) is 3.38. The maximum atomic E-state index is 12.7. The van der Waals surface area contributed by atoms with Gasteiger partial charge in [0.05, 0.1) is 0 Å². The second kappa shape index (κ2) is 7.63. The van der Waals surface area contributed by atoms with E-state index in [1.165, 1.54) is 4.90 Å². The Morgan fingerprint density at radius 1 is 1.41 bits per heavy atom. The summed E-state index contributed by atoms with van der Waals surface area (Å²) in [5.74, 6) is 6.07. The molecule has 1 N–H and O–H groups in total. The highest BCUT2D eigenvalue weighted by atomic mass is 32.1. The molecule has 2 atom stereocenters. The van der Waals surface area contributed by atoms with Gasteiger partial charge in [-0.25, -0.2) is 0 Å². The number of aromatic nitrogens is 1. The van der Waals surface area contributed by atoms with Crippen molar-refractivity contribution in [2.45, 2.75) is 38.7 Å². The van der Waals surface area contributed by atoms with Crippen LogP contribution in [0.4, 0.5) is 0 Å². The van der Waals surface area contributed by atoms with E-state index in [4.69, 9.17) is 10.1 Å². The molecule has 27 heavy (non-hydrogen) atoms. The summed E-state index contributed by atoms with van der Waals surface area (Å²) in [7, 11) is 1.64. The van der Waals surface area contributed by atoms with Crippen molar-refractivity contribution in [3.05, 3.63) is 40.3 Å². The second-order valence-electron chi connectivity index (χ2n) is 6.81. The normalized spacial score (nSPS) is 22.5. The first-order valence-corrected chi connectivity index (χ1v) is 9.72. The lowest BCUT2D eigenvalue weighted by atomic mass is 9.75. The molecule has 2 aromatic heterocycles. The number of piperidine rings is 1. The number of thiophene rings is 1. The van der Waals surface area contributed by atoms with Gasteiger partial charge in [-0.05, 0) is 36.9 Å². The zero-order chi connectivity index (χ0) is 19.6. The number of ether oxygens (including phenoxy) is 1. The number of likely N-dealkylation sites (tertiary alicyclic amines) is 1. The lowest BCUT2D eigenvalue weighted by Crippen LogP contribution is -2.57. The molecule has 1 saturated heterocycles. The van der Waals surface area contributed by atoms with Gasteiger partial charge in [-0.3, -0.25) is 15.2 Å². The topological polar surface area (TPSA) is 66.3 Å². The zero-order valence-corrected chi connectivity index (χ0v) is 16.8. The van der Waals surface area contributed by atoms with Crippen LogP contribution in [0.15, 0.2) is 29.9 Å². The van der Waals surface area contributed by atoms with Gasteiger partial charge in [0, 0.05) is 53.9 Å². The molecule has 1 amide bonds. The third-order valence-corrected chi connectivity index (χ3v) is 6.12. The predicted molar refractivity (Wildman–Crippen MR) is 108 cm³/mol. The molecule has 140 valence electrons. The van der Waals surface area contributed by atoms with Crippen LogP contribution in [0, 0.1) is 17.3 Å². The van der Waals surface area contributed by atoms with Crippen LogP contribution in [0.5, 0.6) is 0 Å². The first-order chi connectivity index (χ1) is 12.9. The van der Waals surface area contributed by atoms with Gasteiger partial charge in [-0.1, -0.05) is 12.8 Å². The van der Waals surface area contributed by atoms with Crippen molar-refractivity contribution in [3.63, 3.8) is 0 Å². The average Bonchev–Trinajstić information content (AvgIpc) is 3.15. The molecule has 1 aliphatic rings. The molecule has 0 aromatic carbocycles. The van der Waals surface area contributed by atoms with Crippen molar-refractivity contribution in [1.29, 1.82) is 5.41 Å². The molecule has 0 saturated carbocycles. The summed E-state index contributed by atoms with van der Waals surface area (Å²) in [4.78, 5) is 19.5. The lowest BCUT2D eigenvalue weighted by Gasteiger charge is -2.43. The Hall–Kier alpha value is -2.49. The van der Waals surface area contributed by atoms with Crippen molar-refractivity contribution in [3.8, 4) is 23.0 Å². The number of hydrogen-bond donors (Lipinski definition) is 1. The first-order valence-electron chi connectivity index (χ1n) is 8.84. The van der Waals surface area contributed by atoms with Crippen LogP contribution in [0.1, 0.15) is 37.6 Å². The number of carbonyl (C=O) groups is 1. The minimum Gasteiger partial charge on any atom is -0.368 e. The Morgan fingerprint density at radius 2 is 2.19 bits per heavy atom. The highest BCUT2D eigenvalue weighted by molar-refractivity contribution is 7.10. The van der Waals surface area contributed by atoms with Crippen molar-refractivity contribution < 1.29 is 9.53 Å². The van der Waals surface area contributed by atoms with E-state index in [9.17, 15) is 4.79 Å². The van der Waals surface area contributed by atoms with Crippen LogP contribution in [0.25, 0.3) is 11.1 Å². The molecule has 1 fully saturated rings. The maximum absolute atomic E-state index is 12.7. The summed E-state index contributed by atoms with van der Waals surface area (Å²) in [6.07, 6.45) is 3.43. The summed E-state index contributed by atoms with van der Waals surface area (Å²) in [5.41, 5.74) is 2.34. The van der Waals surface area contributed by atoms with E-state index in [2.05, 4.69) is 28.3 Å². The average molecular weight is 382 g/mol. The smallest absolute Gasteiger partial charge is 0.257 e. The summed E-state index contributed by atoms with van der Waals surface area (Å²) < 4.78 is 5.84. The Kier molecular flexibility index (Phi) is 5.45. The summed E-state index contributed by atoms with van der Waals surface area (Å²) in [6.45, 7) is 6.15. The zero-order valence-electron chi connectivity index (χ0n) is 16.0. The van der Waals surface area contributed by atoms with Crippen LogP contribution in [0.3, 0.4) is 0 Å². The Labute approximate surface area is 163 Å². The van der Waals surface area contributed by atoms with Gasteiger partial charge >= 0.3 is 0 Å². The van der Waals surface area contributed by atoms with Crippen molar-refractivity contribution >= 4 is 23.1 Å². The SMILES string of the molecule is CC#Cc1cncc(-c2csc([C@@]3(C)CC(=N)N(C)C(=O)[C@H]3OCC)c2)c1. The number of carbonyl (C=O) groups excluding carboxylic acids is 1. The number of hydrogen-bond acceptors (Lipinski definition) is 5.